The fraction of sp³-hybridized carbons (Fsp3) is 0.304. The van der Waals surface area contributed by atoms with Crippen LogP contribution in [0.15, 0.2) is 42.5 Å². The standard InChI is InChI=1S/C23H24BFN4O3/c1-14-10-17-19(24(30)31)6-3-7-21(17)29(14)23-27-20-8-9-32-13-18(20)22(28-23)26-12-15-4-2-5-16(25)11-15/h2-7,11,14,30-31H,8-10,12-13H2,1H3,(H,26,27,28). The lowest BCUT2D eigenvalue weighted by Crippen LogP contribution is -2.32. The van der Waals surface area contributed by atoms with Crippen LogP contribution in [0.3, 0.4) is 0 Å². The van der Waals surface area contributed by atoms with Gasteiger partial charge in [0.25, 0.3) is 0 Å². The minimum Gasteiger partial charge on any atom is -0.423 e. The third-order valence-electron chi connectivity index (χ3n) is 6.04. The van der Waals surface area contributed by atoms with Crippen LogP contribution in [-0.2, 0) is 30.7 Å². The van der Waals surface area contributed by atoms with E-state index in [0.29, 0.717) is 49.8 Å². The molecule has 2 aromatic carbocycles. The molecule has 1 unspecified atom stereocenters. The second-order valence-electron chi connectivity index (χ2n) is 8.23. The molecule has 0 amide bonds. The van der Waals surface area contributed by atoms with Gasteiger partial charge < -0.3 is 25.0 Å². The fourth-order valence-electron chi connectivity index (χ4n) is 4.52. The molecule has 1 aromatic heterocycles. The average Bonchev–Trinajstić information content (AvgIpc) is 3.13. The highest BCUT2D eigenvalue weighted by Gasteiger charge is 2.34. The van der Waals surface area contributed by atoms with Gasteiger partial charge in [0.15, 0.2) is 0 Å². The zero-order chi connectivity index (χ0) is 22.2. The monoisotopic (exact) mass is 434 g/mol. The van der Waals surface area contributed by atoms with Crippen molar-refractivity contribution in [2.45, 2.75) is 39.0 Å². The minimum absolute atomic E-state index is 0.0545. The molecule has 32 heavy (non-hydrogen) atoms. The summed E-state index contributed by atoms with van der Waals surface area (Å²) >= 11 is 0. The molecule has 9 heteroatoms. The van der Waals surface area contributed by atoms with Crippen LogP contribution >= 0.6 is 0 Å². The highest BCUT2D eigenvalue weighted by atomic mass is 19.1. The first-order valence-electron chi connectivity index (χ1n) is 10.7. The summed E-state index contributed by atoms with van der Waals surface area (Å²) in [6, 6.07) is 12.0. The number of benzene rings is 2. The summed E-state index contributed by atoms with van der Waals surface area (Å²) in [4.78, 5) is 11.7. The summed E-state index contributed by atoms with van der Waals surface area (Å²) < 4.78 is 19.2. The molecule has 0 spiro atoms. The largest absolute Gasteiger partial charge is 0.488 e. The molecule has 164 valence electrons. The van der Waals surface area contributed by atoms with E-state index in [0.717, 1.165) is 28.1 Å². The van der Waals surface area contributed by atoms with E-state index in [2.05, 4.69) is 12.2 Å². The smallest absolute Gasteiger partial charge is 0.423 e. The zero-order valence-corrected chi connectivity index (χ0v) is 17.8. The summed E-state index contributed by atoms with van der Waals surface area (Å²) in [6.45, 7) is 3.51. The molecule has 2 aliphatic heterocycles. The molecular formula is C23H24BFN4O3. The number of ether oxygens (including phenoxy) is 1. The van der Waals surface area contributed by atoms with Crippen LogP contribution < -0.4 is 15.7 Å². The molecule has 3 heterocycles. The van der Waals surface area contributed by atoms with Gasteiger partial charge in [-0.05, 0) is 48.1 Å². The Bertz CT molecular complexity index is 1160. The van der Waals surface area contributed by atoms with Gasteiger partial charge in [0.2, 0.25) is 5.95 Å². The second kappa shape index (κ2) is 8.50. The lowest BCUT2D eigenvalue weighted by atomic mass is 9.76. The Kier molecular flexibility index (Phi) is 5.54. The predicted octanol–water partition coefficient (Wildman–Crippen LogP) is 2.06. The summed E-state index contributed by atoms with van der Waals surface area (Å²) in [5.74, 6) is 0.957. The molecule has 0 saturated carbocycles. The van der Waals surface area contributed by atoms with Crippen LogP contribution in [0, 0.1) is 5.82 Å². The maximum absolute atomic E-state index is 13.6. The van der Waals surface area contributed by atoms with E-state index in [1.54, 1.807) is 12.1 Å². The van der Waals surface area contributed by atoms with Gasteiger partial charge in [-0.15, -0.1) is 0 Å². The van der Waals surface area contributed by atoms with Gasteiger partial charge in [0.1, 0.15) is 11.6 Å². The van der Waals surface area contributed by atoms with E-state index in [1.165, 1.54) is 12.1 Å². The Labute approximate surface area is 186 Å². The Hall–Kier alpha value is -3.01. The lowest BCUT2D eigenvalue weighted by molar-refractivity contribution is 0.109. The topological polar surface area (TPSA) is 90.7 Å². The molecule has 3 aromatic rings. The van der Waals surface area contributed by atoms with Gasteiger partial charge in [-0.2, -0.15) is 4.98 Å². The molecule has 0 saturated heterocycles. The normalized spacial score (nSPS) is 17.1. The maximum atomic E-state index is 13.6. The molecule has 0 bridgehead atoms. The highest BCUT2D eigenvalue weighted by molar-refractivity contribution is 6.59. The van der Waals surface area contributed by atoms with Crippen molar-refractivity contribution in [2.24, 2.45) is 0 Å². The van der Waals surface area contributed by atoms with Crippen LogP contribution in [0.2, 0.25) is 0 Å². The van der Waals surface area contributed by atoms with Gasteiger partial charge in [-0.25, -0.2) is 9.37 Å². The molecule has 7 nitrogen and oxygen atoms in total. The molecule has 0 aliphatic carbocycles. The highest BCUT2D eigenvalue weighted by Crippen LogP contribution is 2.37. The SMILES string of the molecule is CC1Cc2c(B(O)O)cccc2N1c1nc2c(c(NCc3cccc(F)c3)n1)COCC2. The molecule has 3 N–H and O–H groups in total. The first-order chi connectivity index (χ1) is 15.5. The van der Waals surface area contributed by atoms with Gasteiger partial charge in [-0.1, -0.05) is 24.3 Å². The van der Waals surface area contributed by atoms with E-state index in [4.69, 9.17) is 14.7 Å². The van der Waals surface area contributed by atoms with Crippen molar-refractivity contribution >= 4 is 30.0 Å². The number of rotatable bonds is 5. The van der Waals surface area contributed by atoms with E-state index < -0.39 is 7.12 Å². The summed E-state index contributed by atoms with van der Waals surface area (Å²) in [5.41, 5.74) is 4.95. The third-order valence-corrected chi connectivity index (χ3v) is 6.04. The van der Waals surface area contributed by atoms with E-state index in [1.807, 2.05) is 23.1 Å². The quantitative estimate of drug-likeness (QED) is 0.530. The van der Waals surface area contributed by atoms with E-state index in [-0.39, 0.29) is 11.9 Å². The average molecular weight is 434 g/mol. The van der Waals surface area contributed by atoms with E-state index >= 15 is 0 Å². The van der Waals surface area contributed by atoms with Gasteiger partial charge in [0.05, 0.1) is 18.9 Å². The summed E-state index contributed by atoms with van der Waals surface area (Å²) in [7, 11) is -1.53. The summed E-state index contributed by atoms with van der Waals surface area (Å²) in [5, 5.41) is 22.9. The van der Waals surface area contributed by atoms with Crippen molar-refractivity contribution in [3.8, 4) is 0 Å². The Morgan fingerprint density at radius 3 is 2.84 bits per heavy atom. The van der Waals surface area contributed by atoms with E-state index in [9.17, 15) is 14.4 Å². The molecule has 1 atom stereocenters. The van der Waals surface area contributed by atoms with Crippen molar-refractivity contribution in [1.29, 1.82) is 0 Å². The number of nitrogens with zero attached hydrogens (tertiary/aromatic N) is 3. The van der Waals surface area contributed by atoms with Crippen LogP contribution in [0.25, 0.3) is 0 Å². The molecule has 5 rings (SSSR count). The first kappa shape index (κ1) is 20.9. The van der Waals surface area contributed by atoms with Crippen LogP contribution in [0.1, 0.15) is 29.3 Å². The number of halogens is 1. The number of nitrogens with one attached hydrogen (secondary N) is 1. The van der Waals surface area contributed by atoms with Gasteiger partial charge in [0, 0.05) is 30.3 Å². The van der Waals surface area contributed by atoms with Crippen LogP contribution in [0.5, 0.6) is 0 Å². The number of hydrogen-bond acceptors (Lipinski definition) is 7. The third kappa shape index (κ3) is 3.83. The zero-order valence-electron chi connectivity index (χ0n) is 17.8. The number of fused-ring (bicyclic) bond motifs is 2. The van der Waals surface area contributed by atoms with Crippen LogP contribution in [0.4, 0.5) is 21.8 Å². The molecule has 0 fully saturated rings. The minimum atomic E-state index is -1.53. The van der Waals surface area contributed by atoms with Crippen molar-refractivity contribution in [3.63, 3.8) is 0 Å². The molecular weight excluding hydrogens is 410 g/mol. The molecule has 0 radical (unpaired) electrons. The van der Waals surface area contributed by atoms with Crippen molar-refractivity contribution < 1.29 is 19.2 Å². The Morgan fingerprint density at radius 1 is 1.19 bits per heavy atom. The number of hydrogen-bond donors (Lipinski definition) is 3. The Balaban J connectivity index is 1.53. The van der Waals surface area contributed by atoms with Crippen molar-refractivity contribution in [1.82, 2.24) is 9.97 Å². The summed E-state index contributed by atoms with van der Waals surface area (Å²) in [6.07, 6.45) is 1.35. The Morgan fingerprint density at radius 2 is 2.03 bits per heavy atom. The number of aromatic nitrogens is 2. The number of anilines is 3. The maximum Gasteiger partial charge on any atom is 0.488 e. The van der Waals surface area contributed by atoms with Crippen molar-refractivity contribution in [3.05, 3.63) is 70.7 Å². The predicted molar refractivity (Wildman–Crippen MR) is 121 cm³/mol. The fourth-order valence-corrected chi connectivity index (χ4v) is 4.52. The molecule has 2 aliphatic rings. The second-order valence-corrected chi connectivity index (χ2v) is 8.23. The van der Waals surface area contributed by atoms with Crippen LogP contribution in [-0.4, -0.2) is 39.8 Å². The first-order valence-corrected chi connectivity index (χ1v) is 10.7. The van der Waals surface area contributed by atoms with Crippen molar-refractivity contribution in [2.75, 3.05) is 16.8 Å². The lowest BCUT2D eigenvalue weighted by Gasteiger charge is -2.26. The van der Waals surface area contributed by atoms with Gasteiger partial charge >= 0.3 is 7.12 Å². The van der Waals surface area contributed by atoms with Gasteiger partial charge in [-0.3, -0.25) is 0 Å².